The number of benzene rings is 3. The van der Waals surface area contributed by atoms with E-state index in [1.54, 1.807) is 0 Å². The molecule has 2 N–H and O–H groups in total. The van der Waals surface area contributed by atoms with Crippen LogP contribution in [0.2, 0.25) is 0 Å². The number of nitrogens with zero attached hydrogens (tertiary/aromatic N) is 3. The Bertz CT molecular complexity index is 885. The van der Waals surface area contributed by atoms with E-state index in [0.717, 1.165) is 20.0 Å². The molecule has 0 fully saturated rings. The van der Waals surface area contributed by atoms with Crippen LogP contribution in [0.25, 0.3) is 0 Å². The third-order valence-electron chi connectivity index (χ3n) is 3.64. The van der Waals surface area contributed by atoms with E-state index in [1.807, 2.05) is 84.9 Å². The molecule has 0 amide bonds. The van der Waals surface area contributed by atoms with Gasteiger partial charge in [0.25, 0.3) is 0 Å². The first-order chi connectivity index (χ1) is 13.3. The van der Waals surface area contributed by atoms with Crippen LogP contribution in [0.5, 0.6) is 0 Å². The summed E-state index contributed by atoms with van der Waals surface area (Å²) in [5.74, 6) is 0. The zero-order valence-corrected chi connectivity index (χ0v) is 20.2. The topological polar surface area (TPSA) is 78.6 Å². The molecule has 0 aliphatic rings. The second-order valence-corrected chi connectivity index (χ2v) is 11.1. The van der Waals surface area contributed by atoms with E-state index >= 15 is 0 Å². The first kappa shape index (κ1) is 19.2. The number of hydrazone groups is 1. The second kappa shape index (κ2) is 10.5. The maximum atomic E-state index is 9.14. The van der Waals surface area contributed by atoms with E-state index in [1.165, 1.54) is 0 Å². The fraction of sp³-hybridized carbons (Fsp3) is 0.0500. The molecule has 6 nitrogen and oxygen atoms in total. The number of amidine groups is 1. The number of rotatable bonds is 6. The van der Waals surface area contributed by atoms with Gasteiger partial charge in [0.05, 0.1) is 0 Å². The quantitative estimate of drug-likeness (QED) is 0.161. The second-order valence-electron chi connectivity index (χ2n) is 5.67. The fourth-order valence-electron chi connectivity index (χ4n) is 2.19. The molecule has 0 saturated heterocycles. The SMILES string of the molecule is OCc1cc[c]([Hg][O]/C(N=Nc2ccccc2)=N\Nc2ccccc2)cc1. The van der Waals surface area contributed by atoms with Crippen LogP contribution in [0.1, 0.15) is 5.56 Å². The molecule has 0 aromatic heterocycles. The summed E-state index contributed by atoms with van der Waals surface area (Å²) in [6.07, 6.45) is 0. The summed E-state index contributed by atoms with van der Waals surface area (Å²) in [5, 5.41) is 21.7. The van der Waals surface area contributed by atoms with Crippen molar-refractivity contribution in [1.29, 1.82) is 0 Å². The van der Waals surface area contributed by atoms with Gasteiger partial charge in [0.2, 0.25) is 0 Å². The van der Waals surface area contributed by atoms with Gasteiger partial charge < -0.3 is 0 Å². The molecule has 3 rings (SSSR count). The van der Waals surface area contributed by atoms with Crippen molar-refractivity contribution in [2.75, 3.05) is 5.43 Å². The van der Waals surface area contributed by atoms with Crippen LogP contribution in [-0.2, 0) is 34.3 Å². The van der Waals surface area contributed by atoms with Crippen molar-refractivity contribution >= 4 is 20.5 Å². The number of nitrogens with one attached hydrogen (secondary N) is 1. The van der Waals surface area contributed by atoms with Crippen LogP contribution in [0.4, 0.5) is 11.4 Å². The number of hydrogen-bond donors (Lipinski definition) is 2. The van der Waals surface area contributed by atoms with Crippen LogP contribution in [0.3, 0.4) is 0 Å². The summed E-state index contributed by atoms with van der Waals surface area (Å²) in [7, 11) is 0. The molecule has 0 aliphatic heterocycles. The van der Waals surface area contributed by atoms with E-state index in [2.05, 4.69) is 20.8 Å². The van der Waals surface area contributed by atoms with E-state index in [9.17, 15) is 0 Å². The molecule has 0 bridgehead atoms. The molecule has 0 aliphatic carbocycles. The van der Waals surface area contributed by atoms with Gasteiger partial charge >= 0.3 is 171 Å². The van der Waals surface area contributed by atoms with Gasteiger partial charge in [0.1, 0.15) is 0 Å². The van der Waals surface area contributed by atoms with E-state index in [4.69, 9.17) is 7.75 Å². The average molecular weight is 547 g/mol. The van der Waals surface area contributed by atoms with E-state index in [0.29, 0.717) is 0 Å². The summed E-state index contributed by atoms with van der Waals surface area (Å²) in [4.78, 5) is 0. The van der Waals surface area contributed by atoms with Gasteiger partial charge in [-0.2, -0.15) is 0 Å². The zero-order chi connectivity index (χ0) is 18.7. The number of hydrogen-bond acceptors (Lipinski definition) is 5. The molecule has 3 aromatic carbocycles. The van der Waals surface area contributed by atoms with Crippen LogP contribution >= 0.6 is 0 Å². The van der Waals surface area contributed by atoms with Crippen LogP contribution in [0.15, 0.2) is 100 Å². The molecule has 132 valence electrons. The van der Waals surface area contributed by atoms with Gasteiger partial charge in [-0.1, -0.05) is 0 Å². The summed E-state index contributed by atoms with van der Waals surface area (Å²) >= 11 is -1.91. The van der Waals surface area contributed by atoms with Gasteiger partial charge in [-0.25, -0.2) is 0 Å². The molecule has 0 spiro atoms. The number of para-hydroxylation sites is 1. The molecule has 0 heterocycles. The summed E-state index contributed by atoms with van der Waals surface area (Å²) < 4.78 is 7.09. The molecular weight excluding hydrogens is 529 g/mol. The third kappa shape index (κ3) is 6.58. The Morgan fingerprint density at radius 2 is 1.56 bits per heavy atom. The predicted octanol–water partition coefficient (Wildman–Crippen LogP) is 3.99. The first-order valence-corrected chi connectivity index (χ1v) is 13.5. The van der Waals surface area contributed by atoms with Crippen molar-refractivity contribution in [1.82, 2.24) is 0 Å². The fourth-order valence-corrected chi connectivity index (χ4v) is 5.48. The number of aliphatic hydroxyl groups is 1. The van der Waals surface area contributed by atoms with Gasteiger partial charge in [-0.15, -0.1) is 0 Å². The summed E-state index contributed by atoms with van der Waals surface area (Å²) in [5.41, 5.74) is 5.41. The minimum atomic E-state index is -1.91. The number of aliphatic hydroxyl groups excluding tert-OH is 1. The number of anilines is 1. The van der Waals surface area contributed by atoms with Crippen molar-refractivity contribution in [2.45, 2.75) is 6.61 Å². The molecule has 0 atom stereocenters. The Hall–Kier alpha value is -2.57. The Balaban J connectivity index is 1.70. The van der Waals surface area contributed by atoms with Crippen LogP contribution < -0.4 is 8.50 Å². The van der Waals surface area contributed by atoms with Crippen LogP contribution in [0, 0.1) is 0 Å². The van der Waals surface area contributed by atoms with Gasteiger partial charge in [-0.3, -0.25) is 0 Å². The normalized spacial score (nSPS) is 11.2. The Labute approximate surface area is 170 Å². The summed E-state index contributed by atoms with van der Waals surface area (Å²) in [6.45, 7) is 0.0387. The maximum absolute atomic E-state index is 9.14. The zero-order valence-electron chi connectivity index (χ0n) is 14.7. The Kier molecular flexibility index (Phi) is 7.50. The molecule has 0 unspecified atom stereocenters. The van der Waals surface area contributed by atoms with Crippen LogP contribution in [-0.4, -0.2) is 11.1 Å². The number of azo groups is 1. The molecule has 0 saturated carbocycles. The first-order valence-electron chi connectivity index (χ1n) is 8.50. The Morgan fingerprint density at radius 1 is 0.889 bits per heavy atom. The van der Waals surface area contributed by atoms with Crippen molar-refractivity contribution in [3.63, 3.8) is 0 Å². The standard InChI is InChI=1S/C13H12N4O.C7H7O.Hg/c18-13(16-14-11-7-3-1-4-8-11)17-15-12-9-5-2-6-10-12;8-6-7-4-2-1-3-5-7;/h1-10,14H,(H,16,18);2-5,8H,6H2;/q;;+1/p-1. The van der Waals surface area contributed by atoms with E-state index in [-0.39, 0.29) is 12.6 Å². The molecule has 27 heavy (non-hydrogen) atoms. The molecule has 3 aromatic rings. The third-order valence-corrected chi connectivity index (χ3v) is 8.33. The van der Waals surface area contributed by atoms with Crippen molar-refractivity contribution in [3.05, 3.63) is 90.5 Å². The minimum absolute atomic E-state index is 0.0387. The Morgan fingerprint density at radius 3 is 2.22 bits per heavy atom. The monoisotopic (exact) mass is 548 g/mol. The molecule has 0 radical (unpaired) electrons. The molecule has 7 heteroatoms. The van der Waals surface area contributed by atoms with Crippen molar-refractivity contribution in [3.8, 4) is 0 Å². The van der Waals surface area contributed by atoms with Gasteiger partial charge in [-0.05, 0) is 0 Å². The summed E-state index contributed by atoms with van der Waals surface area (Å²) in [6, 6.07) is 27.1. The van der Waals surface area contributed by atoms with E-state index < -0.39 is 25.0 Å². The van der Waals surface area contributed by atoms with Crippen molar-refractivity contribution in [2.24, 2.45) is 15.3 Å². The predicted molar refractivity (Wildman–Crippen MR) is 102 cm³/mol. The van der Waals surface area contributed by atoms with Crippen molar-refractivity contribution < 1.29 is 32.8 Å². The van der Waals surface area contributed by atoms with Gasteiger partial charge in [0.15, 0.2) is 0 Å². The van der Waals surface area contributed by atoms with Gasteiger partial charge in [0, 0.05) is 0 Å². The average Bonchev–Trinajstić information content (AvgIpc) is 2.75. The molecular formula is C20H18HgN4O2.